The Hall–Kier alpha value is -2.20. The average Bonchev–Trinajstić information content (AvgIpc) is 2.54. The first-order chi connectivity index (χ1) is 11.3. The van der Waals surface area contributed by atoms with Gasteiger partial charge in [0.15, 0.2) is 5.92 Å². The van der Waals surface area contributed by atoms with Gasteiger partial charge in [-0.05, 0) is 12.1 Å². The van der Waals surface area contributed by atoms with E-state index < -0.39 is 55.0 Å². The van der Waals surface area contributed by atoms with Crippen LogP contribution in [0.5, 0.6) is 5.75 Å². The molecule has 1 heterocycles. The third-order valence-electron chi connectivity index (χ3n) is 3.73. The second-order valence-corrected chi connectivity index (χ2v) is 5.41. The molecule has 5 atom stereocenters. The van der Waals surface area contributed by atoms with Crippen molar-refractivity contribution in [2.24, 2.45) is 5.92 Å². The SMILES string of the molecule is O=C(O)C(C[C@H]1O[C@H](Oc2ccccc2)[C@@H](O)[C@@H](O)[C@@H]1O)C(=O)O. The van der Waals surface area contributed by atoms with Crippen molar-refractivity contribution in [1.29, 1.82) is 0 Å². The first kappa shape index (κ1) is 18.1. The number of ether oxygens (including phenoxy) is 2. The molecule has 0 aliphatic carbocycles. The molecule has 0 spiro atoms. The Kier molecular flexibility index (Phi) is 5.73. The van der Waals surface area contributed by atoms with Crippen molar-refractivity contribution in [1.82, 2.24) is 0 Å². The second kappa shape index (κ2) is 7.58. The number of rotatable bonds is 6. The standard InChI is InChI=1S/C15H18O9/c16-10-9(6-8(13(19)20)14(21)22)24-15(12(18)11(10)17)23-7-4-2-1-3-5-7/h1-5,8-12,15-18H,6H2,(H,19,20)(H,21,22)/t9-,10-,11+,12+,15+/m1/s1. The van der Waals surface area contributed by atoms with Gasteiger partial charge in [-0.25, -0.2) is 0 Å². The van der Waals surface area contributed by atoms with Gasteiger partial charge in [0.2, 0.25) is 6.29 Å². The Bertz CT molecular complexity index is 562. The van der Waals surface area contributed by atoms with Crippen LogP contribution in [0.25, 0.3) is 0 Å². The smallest absolute Gasteiger partial charge is 0.317 e. The zero-order valence-corrected chi connectivity index (χ0v) is 12.4. The van der Waals surface area contributed by atoms with E-state index >= 15 is 0 Å². The summed E-state index contributed by atoms with van der Waals surface area (Å²) in [5.74, 6) is -4.71. The van der Waals surface area contributed by atoms with E-state index in [9.17, 15) is 24.9 Å². The van der Waals surface area contributed by atoms with Crippen LogP contribution in [0.4, 0.5) is 0 Å². The van der Waals surface area contributed by atoms with Crippen LogP contribution >= 0.6 is 0 Å². The molecule has 2 rings (SSSR count). The molecule has 0 radical (unpaired) electrons. The molecule has 1 aromatic carbocycles. The molecule has 9 nitrogen and oxygen atoms in total. The maximum absolute atomic E-state index is 11.0. The zero-order chi connectivity index (χ0) is 17.9. The lowest BCUT2D eigenvalue weighted by Gasteiger charge is -2.40. The molecule has 1 aliphatic heterocycles. The third kappa shape index (κ3) is 4.01. The zero-order valence-electron chi connectivity index (χ0n) is 12.4. The van der Waals surface area contributed by atoms with E-state index in [0.717, 1.165) is 0 Å². The molecule has 24 heavy (non-hydrogen) atoms. The lowest BCUT2D eigenvalue weighted by molar-refractivity contribution is -0.275. The molecule has 0 unspecified atom stereocenters. The highest BCUT2D eigenvalue weighted by atomic mass is 16.7. The second-order valence-electron chi connectivity index (χ2n) is 5.41. The number of hydrogen-bond donors (Lipinski definition) is 5. The molecule has 132 valence electrons. The van der Waals surface area contributed by atoms with E-state index in [-0.39, 0.29) is 0 Å². The van der Waals surface area contributed by atoms with Gasteiger partial charge in [0.05, 0.1) is 6.10 Å². The summed E-state index contributed by atoms with van der Waals surface area (Å²) < 4.78 is 10.7. The minimum Gasteiger partial charge on any atom is -0.481 e. The number of aliphatic hydroxyl groups excluding tert-OH is 3. The summed E-state index contributed by atoms with van der Waals surface area (Å²) in [4.78, 5) is 22.0. The normalized spacial score (nSPS) is 30.1. The summed E-state index contributed by atoms with van der Waals surface area (Å²) in [5, 5.41) is 47.6. The highest BCUT2D eigenvalue weighted by molar-refractivity contribution is 5.92. The highest BCUT2D eigenvalue weighted by Gasteiger charge is 2.47. The van der Waals surface area contributed by atoms with Gasteiger partial charge in [0.25, 0.3) is 0 Å². The van der Waals surface area contributed by atoms with Crippen molar-refractivity contribution in [3.8, 4) is 5.75 Å². The Morgan fingerprint density at radius 1 is 1.00 bits per heavy atom. The quantitative estimate of drug-likeness (QED) is 0.412. The number of carboxylic acid groups (broad SMARTS) is 2. The van der Waals surface area contributed by atoms with Gasteiger partial charge in [0, 0.05) is 6.42 Å². The summed E-state index contributed by atoms with van der Waals surface area (Å²) in [7, 11) is 0. The van der Waals surface area contributed by atoms with Crippen molar-refractivity contribution in [2.75, 3.05) is 0 Å². The van der Waals surface area contributed by atoms with Gasteiger partial charge in [0.1, 0.15) is 24.1 Å². The molecule has 1 aliphatic rings. The first-order valence-electron chi connectivity index (χ1n) is 7.18. The average molecular weight is 342 g/mol. The fourth-order valence-electron chi connectivity index (χ4n) is 2.38. The molecule has 0 aromatic heterocycles. The van der Waals surface area contributed by atoms with Crippen molar-refractivity contribution < 1.29 is 44.6 Å². The van der Waals surface area contributed by atoms with Gasteiger partial charge in [-0.1, -0.05) is 18.2 Å². The fourth-order valence-corrected chi connectivity index (χ4v) is 2.38. The van der Waals surface area contributed by atoms with Gasteiger partial charge in [-0.3, -0.25) is 9.59 Å². The fraction of sp³-hybridized carbons (Fsp3) is 0.467. The lowest BCUT2D eigenvalue weighted by atomic mass is 9.91. The van der Waals surface area contributed by atoms with E-state index in [0.29, 0.717) is 5.75 Å². The first-order valence-corrected chi connectivity index (χ1v) is 7.18. The van der Waals surface area contributed by atoms with E-state index in [2.05, 4.69) is 0 Å². The van der Waals surface area contributed by atoms with Gasteiger partial charge >= 0.3 is 11.9 Å². The lowest BCUT2D eigenvalue weighted by Crippen LogP contribution is -2.59. The number of carbonyl (C=O) groups is 2. The largest absolute Gasteiger partial charge is 0.481 e. The Balaban J connectivity index is 2.13. The molecular weight excluding hydrogens is 324 g/mol. The Labute approximate surface area is 136 Å². The van der Waals surface area contributed by atoms with Crippen molar-refractivity contribution >= 4 is 11.9 Å². The Morgan fingerprint density at radius 2 is 1.58 bits per heavy atom. The minimum absolute atomic E-state index is 0.317. The molecule has 1 saturated heterocycles. The van der Waals surface area contributed by atoms with Crippen molar-refractivity contribution in [2.45, 2.75) is 37.1 Å². The number of carboxylic acids is 2. The predicted molar refractivity (Wildman–Crippen MR) is 77.1 cm³/mol. The Morgan fingerprint density at radius 3 is 2.12 bits per heavy atom. The molecule has 1 aromatic rings. The van der Waals surface area contributed by atoms with Crippen LogP contribution in [0.2, 0.25) is 0 Å². The summed E-state index contributed by atoms with van der Waals surface area (Å²) in [6.45, 7) is 0. The van der Waals surface area contributed by atoms with Crippen LogP contribution in [0.1, 0.15) is 6.42 Å². The summed E-state index contributed by atoms with van der Waals surface area (Å²) in [6.07, 6.45) is -8.25. The van der Waals surface area contributed by atoms with E-state index in [1.54, 1.807) is 30.3 Å². The third-order valence-corrected chi connectivity index (χ3v) is 3.73. The molecule has 0 saturated carbocycles. The molecule has 1 fully saturated rings. The maximum Gasteiger partial charge on any atom is 0.317 e. The van der Waals surface area contributed by atoms with Crippen LogP contribution in [0.3, 0.4) is 0 Å². The topological polar surface area (TPSA) is 154 Å². The van der Waals surface area contributed by atoms with E-state index in [1.807, 2.05) is 0 Å². The minimum atomic E-state index is -1.83. The molecule has 5 N–H and O–H groups in total. The summed E-state index contributed by atoms with van der Waals surface area (Å²) >= 11 is 0. The molecular formula is C15H18O9. The molecule has 0 amide bonds. The van der Waals surface area contributed by atoms with Crippen LogP contribution in [-0.2, 0) is 14.3 Å². The molecule has 9 heteroatoms. The van der Waals surface area contributed by atoms with Gasteiger partial charge in [-0.15, -0.1) is 0 Å². The van der Waals surface area contributed by atoms with Crippen LogP contribution in [0, 0.1) is 5.92 Å². The predicted octanol–water partition coefficient (Wildman–Crippen LogP) is -0.952. The molecule has 0 bridgehead atoms. The number of para-hydroxylation sites is 1. The maximum atomic E-state index is 11.0. The van der Waals surface area contributed by atoms with Crippen LogP contribution < -0.4 is 4.74 Å². The van der Waals surface area contributed by atoms with Gasteiger partial charge in [-0.2, -0.15) is 0 Å². The number of aliphatic hydroxyl groups is 3. The highest BCUT2D eigenvalue weighted by Crippen LogP contribution is 2.27. The van der Waals surface area contributed by atoms with Crippen molar-refractivity contribution in [3.05, 3.63) is 30.3 Å². The van der Waals surface area contributed by atoms with Gasteiger partial charge < -0.3 is 35.0 Å². The summed E-state index contributed by atoms with van der Waals surface area (Å²) in [5.41, 5.74) is 0. The van der Waals surface area contributed by atoms with E-state index in [4.69, 9.17) is 19.7 Å². The van der Waals surface area contributed by atoms with Crippen molar-refractivity contribution in [3.63, 3.8) is 0 Å². The number of aliphatic carboxylic acids is 2. The number of hydrogen-bond acceptors (Lipinski definition) is 7. The van der Waals surface area contributed by atoms with Crippen LogP contribution in [0.15, 0.2) is 30.3 Å². The summed E-state index contributed by atoms with van der Waals surface area (Å²) in [6, 6.07) is 8.20. The monoisotopic (exact) mass is 342 g/mol. The van der Waals surface area contributed by atoms with Crippen LogP contribution in [-0.4, -0.2) is 68.2 Å². The number of benzene rings is 1. The van der Waals surface area contributed by atoms with E-state index in [1.165, 1.54) is 0 Å².